The molecule has 2 unspecified atom stereocenters. The lowest BCUT2D eigenvalue weighted by Crippen LogP contribution is -2.25. The van der Waals surface area contributed by atoms with Gasteiger partial charge < -0.3 is 14.7 Å². The Morgan fingerprint density at radius 1 is 1.53 bits per heavy atom. The summed E-state index contributed by atoms with van der Waals surface area (Å²) in [4.78, 5) is 13.2. The van der Waals surface area contributed by atoms with Gasteiger partial charge in [0, 0.05) is 18.3 Å². The maximum Gasteiger partial charge on any atom is 0.308 e. The Labute approximate surface area is 99.8 Å². The summed E-state index contributed by atoms with van der Waals surface area (Å²) in [7, 11) is 1.66. The van der Waals surface area contributed by atoms with Crippen molar-refractivity contribution >= 4 is 11.7 Å². The number of methoxy groups -OCH3 is 1. The minimum atomic E-state index is -0.672. The Hall–Kier alpha value is -1.71. The van der Waals surface area contributed by atoms with Gasteiger partial charge in [-0.05, 0) is 36.6 Å². The van der Waals surface area contributed by atoms with Crippen LogP contribution in [0.2, 0.25) is 0 Å². The number of aliphatic carboxylic acids is 1. The Kier molecular flexibility index (Phi) is 2.24. The molecule has 4 heteroatoms. The molecule has 1 aromatic carbocycles. The van der Waals surface area contributed by atoms with Crippen molar-refractivity contribution < 1.29 is 14.6 Å². The normalized spacial score (nSPS) is 25.6. The quantitative estimate of drug-likeness (QED) is 0.841. The average molecular weight is 233 g/mol. The molecule has 2 aliphatic rings. The van der Waals surface area contributed by atoms with Crippen molar-refractivity contribution in [1.82, 2.24) is 0 Å². The number of benzene rings is 1. The highest BCUT2D eigenvalue weighted by atomic mass is 16.5. The molecule has 2 heterocycles. The molecule has 0 radical (unpaired) electrons. The molecule has 1 saturated heterocycles. The molecule has 1 N–H and O–H groups in total. The Balaban J connectivity index is 1.88. The molecule has 0 amide bonds. The highest BCUT2D eigenvalue weighted by Gasteiger charge is 2.40. The molecule has 3 rings (SSSR count). The lowest BCUT2D eigenvalue weighted by Gasteiger charge is -2.18. The van der Waals surface area contributed by atoms with Crippen LogP contribution in [0.25, 0.3) is 0 Å². The number of nitrogens with zero attached hydrogens (tertiary/aromatic N) is 1. The zero-order chi connectivity index (χ0) is 12.0. The van der Waals surface area contributed by atoms with Crippen LogP contribution < -0.4 is 9.64 Å². The standard InChI is InChI=1S/C13H15NO3/c1-17-11-2-3-12-8(6-11)4-10-5-9(13(15)16)7-14(10)12/h2-3,6,9-10H,4-5,7H2,1H3,(H,15,16). The lowest BCUT2D eigenvalue weighted by atomic mass is 10.0. The molecule has 1 fully saturated rings. The predicted molar refractivity (Wildman–Crippen MR) is 63.6 cm³/mol. The molecule has 0 aromatic heterocycles. The van der Waals surface area contributed by atoms with E-state index in [0.717, 1.165) is 18.6 Å². The molecule has 90 valence electrons. The number of anilines is 1. The average Bonchev–Trinajstić information content (AvgIpc) is 2.84. The summed E-state index contributed by atoms with van der Waals surface area (Å²) in [5.41, 5.74) is 2.46. The van der Waals surface area contributed by atoms with E-state index in [1.54, 1.807) is 7.11 Å². The second-order valence-electron chi connectivity index (χ2n) is 4.78. The molecular formula is C13H15NO3. The summed E-state index contributed by atoms with van der Waals surface area (Å²) in [6.07, 6.45) is 1.70. The number of carboxylic acids is 1. The van der Waals surface area contributed by atoms with Crippen molar-refractivity contribution in [2.45, 2.75) is 18.9 Å². The van der Waals surface area contributed by atoms with Crippen LogP contribution in [0.15, 0.2) is 18.2 Å². The van der Waals surface area contributed by atoms with Crippen molar-refractivity contribution in [2.24, 2.45) is 5.92 Å². The molecule has 2 atom stereocenters. The predicted octanol–water partition coefficient (Wildman–Crippen LogP) is 1.53. The van der Waals surface area contributed by atoms with E-state index < -0.39 is 5.97 Å². The van der Waals surface area contributed by atoms with Gasteiger partial charge in [0.25, 0.3) is 0 Å². The van der Waals surface area contributed by atoms with Crippen LogP contribution in [0.4, 0.5) is 5.69 Å². The maximum atomic E-state index is 11.0. The Morgan fingerprint density at radius 2 is 2.35 bits per heavy atom. The van der Waals surface area contributed by atoms with Crippen molar-refractivity contribution in [2.75, 3.05) is 18.6 Å². The van der Waals surface area contributed by atoms with E-state index in [-0.39, 0.29) is 5.92 Å². The Bertz CT molecular complexity index is 472. The molecule has 0 aliphatic carbocycles. The van der Waals surface area contributed by atoms with Crippen LogP contribution in [0, 0.1) is 5.92 Å². The van der Waals surface area contributed by atoms with Crippen molar-refractivity contribution in [3.05, 3.63) is 23.8 Å². The first-order chi connectivity index (χ1) is 8.19. The minimum Gasteiger partial charge on any atom is -0.497 e. The molecular weight excluding hydrogens is 218 g/mol. The number of hydrogen-bond donors (Lipinski definition) is 1. The van der Waals surface area contributed by atoms with Gasteiger partial charge in [0.2, 0.25) is 0 Å². The van der Waals surface area contributed by atoms with Gasteiger partial charge in [0.1, 0.15) is 5.75 Å². The van der Waals surface area contributed by atoms with Gasteiger partial charge in [-0.25, -0.2) is 0 Å². The molecule has 4 nitrogen and oxygen atoms in total. The highest BCUT2D eigenvalue weighted by Crippen LogP contribution is 2.41. The van der Waals surface area contributed by atoms with E-state index in [1.807, 2.05) is 12.1 Å². The summed E-state index contributed by atoms with van der Waals surface area (Å²) in [5.74, 6) is -0.00979. The number of rotatable bonds is 2. The van der Waals surface area contributed by atoms with Crippen LogP contribution in [0.3, 0.4) is 0 Å². The van der Waals surface area contributed by atoms with E-state index in [4.69, 9.17) is 9.84 Å². The maximum absolute atomic E-state index is 11.0. The van der Waals surface area contributed by atoms with Gasteiger partial charge in [-0.2, -0.15) is 0 Å². The molecule has 0 spiro atoms. The molecule has 1 aromatic rings. The zero-order valence-electron chi connectivity index (χ0n) is 9.72. The van der Waals surface area contributed by atoms with E-state index in [9.17, 15) is 4.79 Å². The van der Waals surface area contributed by atoms with Gasteiger partial charge in [0.15, 0.2) is 0 Å². The zero-order valence-corrected chi connectivity index (χ0v) is 9.72. The number of ether oxygens (including phenoxy) is 1. The third-order valence-electron chi connectivity index (χ3n) is 3.82. The smallest absolute Gasteiger partial charge is 0.308 e. The van der Waals surface area contributed by atoms with Gasteiger partial charge >= 0.3 is 5.97 Å². The fourth-order valence-electron chi connectivity index (χ4n) is 2.97. The van der Waals surface area contributed by atoms with E-state index in [2.05, 4.69) is 11.0 Å². The second kappa shape index (κ2) is 3.65. The van der Waals surface area contributed by atoms with Crippen LogP contribution in [-0.4, -0.2) is 30.8 Å². The van der Waals surface area contributed by atoms with E-state index in [0.29, 0.717) is 12.6 Å². The first-order valence-corrected chi connectivity index (χ1v) is 5.85. The van der Waals surface area contributed by atoms with Gasteiger partial charge in [-0.3, -0.25) is 4.79 Å². The first-order valence-electron chi connectivity index (χ1n) is 5.85. The van der Waals surface area contributed by atoms with Gasteiger partial charge in [0.05, 0.1) is 13.0 Å². The van der Waals surface area contributed by atoms with Crippen LogP contribution in [-0.2, 0) is 11.2 Å². The monoisotopic (exact) mass is 233 g/mol. The molecule has 0 saturated carbocycles. The molecule has 0 bridgehead atoms. The van der Waals surface area contributed by atoms with Crippen LogP contribution >= 0.6 is 0 Å². The summed E-state index contributed by atoms with van der Waals surface area (Å²) >= 11 is 0. The fraction of sp³-hybridized carbons (Fsp3) is 0.462. The summed E-state index contributed by atoms with van der Waals surface area (Å²) in [5, 5.41) is 9.05. The summed E-state index contributed by atoms with van der Waals surface area (Å²) in [6, 6.07) is 6.40. The number of fused-ring (bicyclic) bond motifs is 3. The van der Waals surface area contributed by atoms with Gasteiger partial charge in [-0.15, -0.1) is 0 Å². The molecule has 2 aliphatic heterocycles. The second-order valence-corrected chi connectivity index (χ2v) is 4.78. The van der Waals surface area contributed by atoms with E-state index >= 15 is 0 Å². The number of carbonyl (C=O) groups is 1. The number of carboxylic acid groups (broad SMARTS) is 1. The summed E-state index contributed by atoms with van der Waals surface area (Å²) < 4.78 is 5.21. The first kappa shape index (κ1) is 10.4. The molecule has 17 heavy (non-hydrogen) atoms. The Morgan fingerprint density at radius 3 is 3.06 bits per heavy atom. The van der Waals surface area contributed by atoms with Crippen LogP contribution in [0.1, 0.15) is 12.0 Å². The van der Waals surface area contributed by atoms with Crippen molar-refractivity contribution in [3.63, 3.8) is 0 Å². The van der Waals surface area contributed by atoms with Crippen LogP contribution in [0.5, 0.6) is 5.75 Å². The SMILES string of the molecule is COc1ccc2c(c1)CC1CC(C(=O)O)CN21. The minimum absolute atomic E-state index is 0.213. The summed E-state index contributed by atoms with van der Waals surface area (Å²) in [6.45, 7) is 0.638. The van der Waals surface area contributed by atoms with Crippen molar-refractivity contribution in [1.29, 1.82) is 0 Å². The lowest BCUT2D eigenvalue weighted by molar-refractivity contribution is -0.141. The topological polar surface area (TPSA) is 49.8 Å². The largest absolute Gasteiger partial charge is 0.497 e. The third kappa shape index (κ3) is 1.55. The third-order valence-corrected chi connectivity index (χ3v) is 3.82. The van der Waals surface area contributed by atoms with E-state index in [1.165, 1.54) is 11.3 Å². The van der Waals surface area contributed by atoms with Crippen molar-refractivity contribution in [3.8, 4) is 5.75 Å². The fourth-order valence-corrected chi connectivity index (χ4v) is 2.97. The highest BCUT2D eigenvalue weighted by molar-refractivity contribution is 5.74. The van der Waals surface area contributed by atoms with Gasteiger partial charge in [-0.1, -0.05) is 0 Å². The number of hydrogen-bond acceptors (Lipinski definition) is 3.